The van der Waals surface area contributed by atoms with Gasteiger partial charge in [0, 0.05) is 6.42 Å². The highest BCUT2D eigenvalue weighted by molar-refractivity contribution is 6.74. The molecule has 0 bridgehead atoms. The maximum absolute atomic E-state index is 10.9. The minimum absolute atomic E-state index is 0.0739. The lowest BCUT2D eigenvalue weighted by atomic mass is 10.2. The first-order valence-electron chi connectivity index (χ1n) is 8.65. The molecular formula is C19H32O5Si. The molecule has 0 aliphatic heterocycles. The molecule has 1 aromatic rings. The smallest absolute Gasteiger partial charge is 0.303 e. The van der Waals surface area contributed by atoms with Crippen molar-refractivity contribution in [3.05, 3.63) is 29.8 Å². The second-order valence-electron chi connectivity index (χ2n) is 7.80. The Kier molecular flexibility index (Phi) is 8.11. The standard InChI is InChI=1S/C19H32O5Si/c1-19(2,3)25(5,6)24-17(11-12-18(20)21)14-23-13-15-7-9-16(22-4)10-8-15/h7-10,17H,11-14H2,1-6H3,(H,20,21)/t17-/m1/s1. The lowest BCUT2D eigenvalue weighted by Crippen LogP contribution is -2.45. The maximum Gasteiger partial charge on any atom is 0.303 e. The van der Waals surface area contributed by atoms with Crippen molar-refractivity contribution in [1.29, 1.82) is 0 Å². The molecule has 0 aromatic heterocycles. The van der Waals surface area contributed by atoms with Crippen molar-refractivity contribution >= 4 is 14.3 Å². The van der Waals surface area contributed by atoms with Crippen molar-refractivity contribution in [1.82, 2.24) is 0 Å². The number of carboxylic acid groups (broad SMARTS) is 1. The van der Waals surface area contributed by atoms with E-state index in [1.165, 1.54) is 0 Å². The van der Waals surface area contributed by atoms with E-state index in [1.807, 2.05) is 24.3 Å². The van der Waals surface area contributed by atoms with E-state index in [-0.39, 0.29) is 17.6 Å². The number of ether oxygens (including phenoxy) is 2. The van der Waals surface area contributed by atoms with Crippen LogP contribution in [0.25, 0.3) is 0 Å². The zero-order chi connectivity index (χ0) is 19.1. The summed E-state index contributed by atoms with van der Waals surface area (Å²) in [5.74, 6) is 0.00308. The molecule has 0 spiro atoms. The monoisotopic (exact) mass is 368 g/mol. The summed E-state index contributed by atoms with van der Waals surface area (Å²) in [5.41, 5.74) is 1.05. The van der Waals surface area contributed by atoms with Crippen molar-refractivity contribution in [2.75, 3.05) is 13.7 Å². The number of carboxylic acids is 1. The summed E-state index contributed by atoms with van der Waals surface area (Å²) >= 11 is 0. The zero-order valence-electron chi connectivity index (χ0n) is 16.3. The van der Waals surface area contributed by atoms with Crippen LogP contribution in [0.5, 0.6) is 5.75 Å². The van der Waals surface area contributed by atoms with Gasteiger partial charge >= 0.3 is 5.97 Å². The topological polar surface area (TPSA) is 65.0 Å². The van der Waals surface area contributed by atoms with Crippen LogP contribution in [0.3, 0.4) is 0 Å². The van der Waals surface area contributed by atoms with Gasteiger partial charge in [0.05, 0.1) is 26.4 Å². The Hall–Kier alpha value is -1.37. The maximum atomic E-state index is 10.9. The molecule has 0 heterocycles. The lowest BCUT2D eigenvalue weighted by molar-refractivity contribution is -0.137. The van der Waals surface area contributed by atoms with Crippen molar-refractivity contribution in [2.24, 2.45) is 0 Å². The molecule has 6 heteroatoms. The molecule has 1 rings (SSSR count). The summed E-state index contributed by atoms with van der Waals surface area (Å²) in [6.07, 6.45) is 0.352. The highest BCUT2D eigenvalue weighted by Gasteiger charge is 2.39. The minimum Gasteiger partial charge on any atom is -0.497 e. The van der Waals surface area contributed by atoms with Gasteiger partial charge in [0.15, 0.2) is 8.32 Å². The first-order valence-corrected chi connectivity index (χ1v) is 11.6. The average molecular weight is 369 g/mol. The van der Waals surface area contributed by atoms with E-state index >= 15 is 0 Å². The van der Waals surface area contributed by atoms with Crippen molar-refractivity contribution < 1.29 is 23.8 Å². The molecule has 0 aliphatic carbocycles. The van der Waals surface area contributed by atoms with Gasteiger partial charge in [-0.2, -0.15) is 0 Å². The Morgan fingerprint density at radius 1 is 1.20 bits per heavy atom. The third-order valence-corrected chi connectivity index (χ3v) is 9.21. The van der Waals surface area contributed by atoms with Gasteiger partial charge in [-0.15, -0.1) is 0 Å². The fourth-order valence-electron chi connectivity index (χ4n) is 2.08. The van der Waals surface area contributed by atoms with E-state index in [0.29, 0.717) is 19.6 Å². The largest absolute Gasteiger partial charge is 0.497 e. The van der Waals surface area contributed by atoms with Crippen LogP contribution in [0.15, 0.2) is 24.3 Å². The number of hydrogen-bond acceptors (Lipinski definition) is 4. The molecule has 0 saturated carbocycles. The highest BCUT2D eigenvalue weighted by Crippen LogP contribution is 2.37. The summed E-state index contributed by atoms with van der Waals surface area (Å²) in [7, 11) is -0.335. The number of rotatable bonds is 10. The molecule has 0 radical (unpaired) electrons. The Labute approximate surface area is 152 Å². The number of methoxy groups -OCH3 is 1. The molecule has 0 aliphatic rings. The van der Waals surface area contributed by atoms with E-state index in [1.54, 1.807) is 7.11 Å². The van der Waals surface area contributed by atoms with Gasteiger partial charge in [-0.3, -0.25) is 4.79 Å². The minimum atomic E-state index is -1.97. The first-order chi connectivity index (χ1) is 11.5. The summed E-state index contributed by atoms with van der Waals surface area (Å²) < 4.78 is 17.3. The first kappa shape index (κ1) is 21.7. The number of carbonyl (C=O) groups is 1. The number of hydrogen-bond donors (Lipinski definition) is 1. The third kappa shape index (κ3) is 7.58. The molecule has 1 aromatic carbocycles. The second-order valence-corrected chi connectivity index (χ2v) is 12.6. The molecule has 5 nitrogen and oxygen atoms in total. The van der Waals surface area contributed by atoms with Gasteiger partial charge in [0.1, 0.15) is 5.75 Å². The van der Waals surface area contributed by atoms with Crippen LogP contribution in [-0.4, -0.2) is 39.2 Å². The van der Waals surface area contributed by atoms with E-state index in [9.17, 15) is 4.79 Å². The number of benzene rings is 1. The normalized spacial score (nSPS) is 13.5. The molecule has 0 unspecified atom stereocenters. The molecule has 0 amide bonds. The predicted molar refractivity (Wildman–Crippen MR) is 102 cm³/mol. The summed E-state index contributed by atoms with van der Waals surface area (Å²) in [4.78, 5) is 10.9. The Morgan fingerprint density at radius 2 is 1.80 bits per heavy atom. The van der Waals surface area contributed by atoms with Gasteiger partial charge in [0.2, 0.25) is 0 Å². The highest BCUT2D eigenvalue weighted by atomic mass is 28.4. The molecular weight excluding hydrogens is 336 g/mol. The fraction of sp³-hybridized carbons (Fsp3) is 0.632. The van der Waals surface area contributed by atoms with Crippen LogP contribution in [-0.2, 0) is 20.6 Å². The van der Waals surface area contributed by atoms with Crippen LogP contribution in [0, 0.1) is 0 Å². The van der Waals surface area contributed by atoms with E-state index < -0.39 is 14.3 Å². The van der Waals surface area contributed by atoms with Crippen LogP contribution in [0.4, 0.5) is 0 Å². The van der Waals surface area contributed by atoms with Crippen LogP contribution < -0.4 is 4.74 Å². The summed E-state index contributed by atoms with van der Waals surface area (Å²) in [6, 6.07) is 7.71. The second kappa shape index (κ2) is 9.36. The summed E-state index contributed by atoms with van der Waals surface area (Å²) in [5, 5.41) is 9.05. The van der Waals surface area contributed by atoms with Gasteiger partial charge in [-0.1, -0.05) is 32.9 Å². The van der Waals surface area contributed by atoms with Crippen LogP contribution in [0.2, 0.25) is 18.1 Å². The summed E-state index contributed by atoms with van der Waals surface area (Å²) in [6.45, 7) is 11.7. The third-order valence-electron chi connectivity index (χ3n) is 4.68. The lowest BCUT2D eigenvalue weighted by Gasteiger charge is -2.39. The molecule has 0 saturated heterocycles. The molecule has 1 N–H and O–H groups in total. The van der Waals surface area contributed by atoms with Gasteiger partial charge in [0.25, 0.3) is 0 Å². The molecule has 25 heavy (non-hydrogen) atoms. The van der Waals surface area contributed by atoms with Crippen molar-refractivity contribution in [3.63, 3.8) is 0 Å². The number of aliphatic carboxylic acids is 1. The Balaban J connectivity index is 2.61. The van der Waals surface area contributed by atoms with Crippen molar-refractivity contribution in [3.8, 4) is 5.75 Å². The molecule has 0 fully saturated rings. The average Bonchev–Trinajstić information content (AvgIpc) is 2.51. The SMILES string of the molecule is COc1ccc(COC[C@@H](CCC(=O)O)O[Si](C)(C)C(C)(C)C)cc1. The van der Waals surface area contributed by atoms with E-state index in [2.05, 4.69) is 33.9 Å². The van der Waals surface area contributed by atoms with Crippen molar-refractivity contribution in [2.45, 2.75) is 64.5 Å². The molecule has 1 atom stereocenters. The van der Waals surface area contributed by atoms with Gasteiger partial charge in [-0.25, -0.2) is 0 Å². The zero-order valence-corrected chi connectivity index (χ0v) is 17.3. The van der Waals surface area contributed by atoms with Crippen LogP contribution in [0.1, 0.15) is 39.2 Å². The van der Waals surface area contributed by atoms with Gasteiger partial charge < -0.3 is 19.0 Å². The fourth-order valence-corrected chi connectivity index (χ4v) is 3.46. The quantitative estimate of drug-likeness (QED) is 0.617. The van der Waals surface area contributed by atoms with E-state index in [0.717, 1.165) is 11.3 Å². The predicted octanol–water partition coefficient (Wildman–Crippen LogP) is 4.47. The van der Waals surface area contributed by atoms with E-state index in [4.69, 9.17) is 19.0 Å². The Morgan fingerprint density at radius 3 is 2.28 bits per heavy atom. The van der Waals surface area contributed by atoms with Gasteiger partial charge in [-0.05, 0) is 42.2 Å². The molecule has 142 valence electrons. The Bertz CT molecular complexity index is 534. The van der Waals surface area contributed by atoms with Crippen LogP contribution >= 0.6 is 0 Å².